The second-order valence-electron chi connectivity index (χ2n) is 8.57. The molecule has 3 aromatic heterocycles. The number of ether oxygens (including phenoxy) is 4. The number of rotatable bonds is 5. The van der Waals surface area contributed by atoms with Gasteiger partial charge in [0.2, 0.25) is 0 Å². The van der Waals surface area contributed by atoms with Gasteiger partial charge in [0, 0.05) is 24.4 Å². The minimum absolute atomic E-state index is 0.0440. The maximum absolute atomic E-state index is 6.23. The standard InChI is InChI=1S/C26H26N2O4S3/c27-25-14-31-19(13-32-25)22-6-8-24(34-22)23-7-5-21(33-23)18-12-29-17(11-30-18)15-1-3-16(4-2-15)20-9-10-26(28)35-20/h1-10,17-19,25H,11-14,27-28H2. The van der Waals surface area contributed by atoms with E-state index in [0.717, 1.165) is 15.4 Å². The molecule has 0 saturated carbocycles. The van der Waals surface area contributed by atoms with Crippen LogP contribution in [0.2, 0.25) is 0 Å². The summed E-state index contributed by atoms with van der Waals surface area (Å²) >= 11 is 5.09. The number of nitrogens with two attached hydrogens (primary N) is 2. The Bertz CT molecular complexity index is 1270. The molecule has 4 unspecified atom stereocenters. The van der Waals surface area contributed by atoms with E-state index in [4.69, 9.17) is 30.4 Å². The zero-order chi connectivity index (χ0) is 23.8. The third kappa shape index (κ3) is 5.09. The van der Waals surface area contributed by atoms with E-state index in [1.165, 1.54) is 25.1 Å². The van der Waals surface area contributed by atoms with Crippen molar-refractivity contribution in [3.8, 4) is 20.2 Å². The third-order valence-corrected chi connectivity index (χ3v) is 9.66. The molecule has 2 saturated heterocycles. The van der Waals surface area contributed by atoms with Crippen molar-refractivity contribution < 1.29 is 18.9 Å². The average Bonchev–Trinajstić information content (AvgIpc) is 3.66. The maximum atomic E-state index is 6.23. The van der Waals surface area contributed by atoms with E-state index < -0.39 is 0 Å². The van der Waals surface area contributed by atoms with E-state index in [1.807, 2.05) is 6.07 Å². The number of nitrogen functional groups attached to an aromatic ring is 1. The first-order valence-corrected chi connectivity index (χ1v) is 13.9. The lowest BCUT2D eigenvalue weighted by molar-refractivity contribution is -0.136. The van der Waals surface area contributed by atoms with Crippen LogP contribution in [-0.2, 0) is 18.9 Å². The summed E-state index contributed by atoms with van der Waals surface area (Å²) in [5.74, 6) is 0. The van der Waals surface area contributed by atoms with Crippen molar-refractivity contribution in [2.45, 2.75) is 24.5 Å². The predicted molar refractivity (Wildman–Crippen MR) is 142 cm³/mol. The highest BCUT2D eigenvalue weighted by Crippen LogP contribution is 2.41. The molecule has 9 heteroatoms. The van der Waals surface area contributed by atoms with Gasteiger partial charge in [0.15, 0.2) is 0 Å². The Hall–Kier alpha value is -2.08. The molecule has 182 valence electrons. The first kappa shape index (κ1) is 23.3. The van der Waals surface area contributed by atoms with Gasteiger partial charge >= 0.3 is 0 Å². The Morgan fingerprint density at radius 1 is 0.571 bits per heavy atom. The zero-order valence-corrected chi connectivity index (χ0v) is 21.4. The molecule has 6 nitrogen and oxygen atoms in total. The molecule has 5 heterocycles. The topological polar surface area (TPSA) is 89.0 Å². The van der Waals surface area contributed by atoms with E-state index in [9.17, 15) is 0 Å². The normalized spacial score (nSPS) is 25.1. The molecule has 0 bridgehead atoms. The van der Waals surface area contributed by atoms with Gasteiger partial charge in [0.05, 0.1) is 31.4 Å². The van der Waals surface area contributed by atoms with Crippen LogP contribution in [-0.4, -0.2) is 32.7 Å². The highest BCUT2D eigenvalue weighted by Gasteiger charge is 2.27. The number of benzene rings is 1. The summed E-state index contributed by atoms with van der Waals surface area (Å²) in [7, 11) is 0. The average molecular weight is 527 g/mol. The predicted octanol–water partition coefficient (Wildman–Crippen LogP) is 5.99. The van der Waals surface area contributed by atoms with Crippen LogP contribution in [0, 0.1) is 0 Å². The van der Waals surface area contributed by atoms with Crippen LogP contribution in [0.25, 0.3) is 20.2 Å². The van der Waals surface area contributed by atoms with Crippen molar-refractivity contribution >= 4 is 39.0 Å². The van der Waals surface area contributed by atoms with E-state index in [2.05, 4.69) is 54.6 Å². The molecule has 4 aromatic rings. The molecule has 0 aliphatic carbocycles. The van der Waals surface area contributed by atoms with Crippen molar-refractivity contribution in [1.82, 2.24) is 0 Å². The fourth-order valence-corrected chi connectivity index (χ4v) is 7.18. The second kappa shape index (κ2) is 10.1. The minimum atomic E-state index is -0.326. The van der Waals surface area contributed by atoms with Gasteiger partial charge in [-0.15, -0.1) is 34.0 Å². The van der Waals surface area contributed by atoms with Crippen LogP contribution in [0.4, 0.5) is 5.00 Å². The Kier molecular flexibility index (Phi) is 6.74. The van der Waals surface area contributed by atoms with Gasteiger partial charge < -0.3 is 30.4 Å². The van der Waals surface area contributed by atoms with Crippen molar-refractivity contribution in [2.75, 3.05) is 32.2 Å². The smallest absolute Gasteiger partial charge is 0.129 e. The lowest BCUT2D eigenvalue weighted by Crippen LogP contribution is -2.37. The van der Waals surface area contributed by atoms with Gasteiger partial charge in [0.25, 0.3) is 0 Å². The first-order valence-electron chi connectivity index (χ1n) is 11.5. The van der Waals surface area contributed by atoms with Crippen molar-refractivity contribution in [3.63, 3.8) is 0 Å². The van der Waals surface area contributed by atoms with Gasteiger partial charge in [-0.2, -0.15) is 0 Å². The lowest BCUT2D eigenvalue weighted by atomic mass is 10.1. The van der Waals surface area contributed by atoms with Gasteiger partial charge in [-0.3, -0.25) is 0 Å². The highest BCUT2D eigenvalue weighted by molar-refractivity contribution is 7.22. The Morgan fingerprint density at radius 2 is 1.14 bits per heavy atom. The van der Waals surface area contributed by atoms with E-state index >= 15 is 0 Å². The monoisotopic (exact) mass is 526 g/mol. The van der Waals surface area contributed by atoms with Gasteiger partial charge in [0.1, 0.15) is 24.5 Å². The Balaban J connectivity index is 1.07. The molecular formula is C26H26N2O4S3. The molecule has 0 radical (unpaired) electrons. The number of anilines is 1. The number of hydrogen-bond donors (Lipinski definition) is 2. The molecule has 4 atom stereocenters. The zero-order valence-electron chi connectivity index (χ0n) is 18.9. The molecule has 2 fully saturated rings. The number of hydrogen-bond acceptors (Lipinski definition) is 9. The molecular weight excluding hydrogens is 500 g/mol. The summed E-state index contributed by atoms with van der Waals surface area (Å²) in [5.41, 5.74) is 13.9. The van der Waals surface area contributed by atoms with E-state index in [0.29, 0.717) is 26.4 Å². The van der Waals surface area contributed by atoms with E-state index in [-0.39, 0.29) is 24.5 Å². The van der Waals surface area contributed by atoms with Crippen LogP contribution in [0.1, 0.15) is 33.6 Å². The van der Waals surface area contributed by atoms with Crippen LogP contribution < -0.4 is 11.5 Å². The molecule has 0 amide bonds. The summed E-state index contributed by atoms with van der Waals surface area (Å²) in [4.78, 5) is 5.96. The quantitative estimate of drug-likeness (QED) is 0.332. The molecule has 4 N–H and O–H groups in total. The minimum Gasteiger partial charge on any atom is -0.391 e. The van der Waals surface area contributed by atoms with Gasteiger partial charge in [-0.05, 0) is 47.5 Å². The summed E-state index contributed by atoms with van der Waals surface area (Å²) in [6.07, 6.45) is -0.473. The molecule has 35 heavy (non-hydrogen) atoms. The van der Waals surface area contributed by atoms with Crippen molar-refractivity contribution in [2.24, 2.45) is 5.73 Å². The van der Waals surface area contributed by atoms with Crippen LogP contribution in [0.5, 0.6) is 0 Å². The summed E-state index contributed by atoms with van der Waals surface area (Å²) in [5, 5.41) is 0.827. The van der Waals surface area contributed by atoms with Gasteiger partial charge in [-0.25, -0.2) is 0 Å². The maximum Gasteiger partial charge on any atom is 0.129 e. The van der Waals surface area contributed by atoms with Gasteiger partial charge in [-0.1, -0.05) is 24.3 Å². The molecule has 2 aliphatic rings. The summed E-state index contributed by atoms with van der Waals surface area (Å²) < 4.78 is 23.8. The molecule has 0 spiro atoms. The fourth-order valence-electron chi connectivity index (χ4n) is 4.23. The van der Waals surface area contributed by atoms with Crippen LogP contribution >= 0.6 is 34.0 Å². The van der Waals surface area contributed by atoms with E-state index in [1.54, 1.807) is 34.0 Å². The summed E-state index contributed by atoms with van der Waals surface area (Å²) in [6, 6.07) is 21.0. The fraction of sp³-hybridized carbons (Fsp3) is 0.308. The van der Waals surface area contributed by atoms with Crippen LogP contribution in [0.3, 0.4) is 0 Å². The highest BCUT2D eigenvalue weighted by atomic mass is 32.1. The first-order chi connectivity index (χ1) is 17.1. The Labute approximate surface area is 216 Å². The van der Waals surface area contributed by atoms with Crippen LogP contribution in [0.15, 0.2) is 60.7 Å². The third-order valence-electron chi connectivity index (χ3n) is 6.15. The Morgan fingerprint density at radius 3 is 1.69 bits per heavy atom. The molecule has 6 rings (SSSR count). The van der Waals surface area contributed by atoms with Crippen molar-refractivity contribution in [1.29, 1.82) is 0 Å². The largest absolute Gasteiger partial charge is 0.391 e. The SMILES string of the molecule is Nc1ccc(-c2ccc(C3COC(c4ccc(-c5ccc(C6COC(N)CO6)s5)s4)CO3)cc2)s1. The summed E-state index contributed by atoms with van der Waals surface area (Å²) in [6.45, 7) is 2.00. The van der Waals surface area contributed by atoms with Crippen molar-refractivity contribution in [3.05, 3.63) is 76.0 Å². The molecule has 1 aromatic carbocycles. The lowest BCUT2D eigenvalue weighted by Gasteiger charge is -2.29. The molecule has 2 aliphatic heterocycles. The number of thiophene rings is 3. The second-order valence-corrected chi connectivity index (χ2v) is 11.9.